The first-order chi connectivity index (χ1) is 12.9. The number of rotatable bonds is 8. The van der Waals surface area contributed by atoms with Crippen LogP contribution in [-0.4, -0.2) is 56.0 Å². The molecule has 0 amide bonds. The molecule has 2 aromatic rings. The van der Waals surface area contributed by atoms with Gasteiger partial charge in [-0.1, -0.05) is 18.2 Å². The molecule has 0 saturated carbocycles. The standard InChI is InChI=1S/C19H27N3O4S/c1-21(12-15-7-4-5-9-18(15)25-2)13-16-11-20-19(27(3,23)24)22(16)14-17-8-6-10-26-17/h4-5,7,9,11,17H,6,8,10,12-14H2,1-3H3. The molecule has 0 bridgehead atoms. The first kappa shape index (κ1) is 19.9. The van der Waals surface area contributed by atoms with Crippen LogP contribution in [-0.2, 0) is 34.2 Å². The summed E-state index contributed by atoms with van der Waals surface area (Å²) in [5.41, 5.74) is 1.94. The summed E-state index contributed by atoms with van der Waals surface area (Å²) in [5, 5.41) is 0.110. The smallest absolute Gasteiger partial charge is 0.227 e. The monoisotopic (exact) mass is 393 g/mol. The summed E-state index contributed by atoms with van der Waals surface area (Å²) in [7, 11) is 0.255. The number of para-hydroxylation sites is 1. The maximum atomic E-state index is 12.1. The van der Waals surface area contributed by atoms with E-state index in [2.05, 4.69) is 9.88 Å². The van der Waals surface area contributed by atoms with Crippen LogP contribution in [0.2, 0.25) is 0 Å². The molecule has 148 valence electrons. The maximum Gasteiger partial charge on any atom is 0.227 e. The molecule has 2 heterocycles. The zero-order valence-electron chi connectivity index (χ0n) is 16.1. The van der Waals surface area contributed by atoms with Gasteiger partial charge in [0.1, 0.15) is 5.75 Å². The van der Waals surface area contributed by atoms with Crippen LogP contribution in [0.3, 0.4) is 0 Å². The van der Waals surface area contributed by atoms with Crippen molar-refractivity contribution in [2.75, 3.05) is 27.0 Å². The molecule has 1 unspecified atom stereocenters. The fraction of sp³-hybridized carbons (Fsp3) is 0.526. The normalized spacial score (nSPS) is 17.6. The summed E-state index contributed by atoms with van der Waals surface area (Å²) >= 11 is 0. The molecule has 8 heteroatoms. The third-order valence-corrected chi connectivity index (χ3v) is 5.70. The molecular weight excluding hydrogens is 366 g/mol. The molecule has 1 aliphatic rings. The molecule has 0 N–H and O–H groups in total. The van der Waals surface area contributed by atoms with Crippen molar-refractivity contribution in [3.63, 3.8) is 0 Å². The SMILES string of the molecule is COc1ccccc1CN(C)Cc1cnc(S(C)(=O)=O)n1CC1CCCO1. The van der Waals surface area contributed by atoms with Crippen LogP contribution in [0.25, 0.3) is 0 Å². The molecule has 1 saturated heterocycles. The molecular formula is C19H27N3O4S. The van der Waals surface area contributed by atoms with E-state index in [1.54, 1.807) is 17.9 Å². The lowest BCUT2D eigenvalue weighted by Crippen LogP contribution is -2.24. The Morgan fingerprint density at radius 1 is 1.33 bits per heavy atom. The van der Waals surface area contributed by atoms with Gasteiger partial charge >= 0.3 is 0 Å². The highest BCUT2D eigenvalue weighted by Gasteiger charge is 2.24. The number of nitrogens with zero attached hydrogens (tertiary/aromatic N) is 3. The molecule has 1 aliphatic heterocycles. The predicted molar refractivity (Wildman–Crippen MR) is 102 cm³/mol. The minimum Gasteiger partial charge on any atom is -0.496 e. The van der Waals surface area contributed by atoms with E-state index >= 15 is 0 Å². The Hall–Kier alpha value is -1.90. The average molecular weight is 394 g/mol. The number of methoxy groups -OCH3 is 1. The van der Waals surface area contributed by atoms with Gasteiger partial charge in [-0.25, -0.2) is 13.4 Å². The first-order valence-electron chi connectivity index (χ1n) is 9.05. The van der Waals surface area contributed by atoms with Crippen molar-refractivity contribution >= 4 is 9.84 Å². The molecule has 27 heavy (non-hydrogen) atoms. The van der Waals surface area contributed by atoms with Crippen LogP contribution < -0.4 is 4.74 Å². The van der Waals surface area contributed by atoms with Gasteiger partial charge in [-0.3, -0.25) is 4.90 Å². The van der Waals surface area contributed by atoms with E-state index in [-0.39, 0.29) is 11.3 Å². The third kappa shape index (κ3) is 4.88. The molecule has 0 aliphatic carbocycles. The third-order valence-electron chi connectivity index (χ3n) is 4.71. The van der Waals surface area contributed by atoms with Gasteiger partial charge in [0, 0.05) is 31.5 Å². The Morgan fingerprint density at radius 2 is 2.11 bits per heavy atom. The van der Waals surface area contributed by atoms with E-state index in [9.17, 15) is 8.42 Å². The highest BCUT2D eigenvalue weighted by Crippen LogP contribution is 2.22. The summed E-state index contributed by atoms with van der Waals surface area (Å²) in [6.45, 7) is 2.51. The van der Waals surface area contributed by atoms with Crippen LogP contribution in [0, 0.1) is 0 Å². The Morgan fingerprint density at radius 3 is 2.78 bits per heavy atom. The van der Waals surface area contributed by atoms with Gasteiger partial charge in [-0.2, -0.15) is 0 Å². The highest BCUT2D eigenvalue weighted by atomic mass is 32.2. The maximum absolute atomic E-state index is 12.1. The molecule has 7 nitrogen and oxygen atoms in total. The fourth-order valence-electron chi connectivity index (χ4n) is 3.46. The Labute approximate surface area is 160 Å². The second-order valence-corrected chi connectivity index (χ2v) is 8.94. The molecule has 3 rings (SSSR count). The number of sulfone groups is 1. The lowest BCUT2D eigenvalue weighted by Gasteiger charge is -2.21. The lowest BCUT2D eigenvalue weighted by atomic mass is 10.2. The van der Waals surface area contributed by atoms with Crippen molar-refractivity contribution in [1.82, 2.24) is 14.5 Å². The highest BCUT2D eigenvalue weighted by molar-refractivity contribution is 7.90. The summed E-state index contributed by atoms with van der Waals surface area (Å²) in [5.74, 6) is 0.842. The number of imidazole rings is 1. The number of ether oxygens (including phenoxy) is 2. The zero-order chi connectivity index (χ0) is 19.4. The molecule has 0 spiro atoms. The van der Waals surface area contributed by atoms with Gasteiger partial charge in [-0.15, -0.1) is 0 Å². The first-order valence-corrected chi connectivity index (χ1v) is 10.9. The fourth-order valence-corrected chi connectivity index (χ4v) is 4.29. The Balaban J connectivity index is 1.80. The van der Waals surface area contributed by atoms with Gasteiger partial charge in [0.15, 0.2) is 0 Å². The molecule has 1 atom stereocenters. The quantitative estimate of drug-likeness (QED) is 0.684. The van der Waals surface area contributed by atoms with E-state index < -0.39 is 9.84 Å². The minimum atomic E-state index is -3.40. The van der Waals surface area contributed by atoms with Gasteiger partial charge in [0.2, 0.25) is 15.0 Å². The molecule has 1 fully saturated rings. The van der Waals surface area contributed by atoms with Crippen LogP contribution >= 0.6 is 0 Å². The second-order valence-electron chi connectivity index (χ2n) is 7.03. The summed E-state index contributed by atoms with van der Waals surface area (Å²) in [4.78, 5) is 6.31. The minimum absolute atomic E-state index is 0.0398. The van der Waals surface area contributed by atoms with E-state index in [0.29, 0.717) is 19.6 Å². The van der Waals surface area contributed by atoms with Gasteiger partial charge < -0.3 is 14.0 Å². The topological polar surface area (TPSA) is 73.7 Å². The van der Waals surface area contributed by atoms with E-state index in [4.69, 9.17) is 9.47 Å². The van der Waals surface area contributed by atoms with Crippen molar-refractivity contribution < 1.29 is 17.9 Å². The van der Waals surface area contributed by atoms with Crippen LogP contribution in [0.1, 0.15) is 24.1 Å². The van der Waals surface area contributed by atoms with Crippen LogP contribution in [0.15, 0.2) is 35.6 Å². The molecule has 1 aromatic carbocycles. The van der Waals surface area contributed by atoms with Gasteiger partial charge in [0.05, 0.1) is 31.6 Å². The largest absolute Gasteiger partial charge is 0.496 e. The predicted octanol–water partition coefficient (Wildman–Crippen LogP) is 2.11. The second kappa shape index (κ2) is 8.41. The lowest BCUT2D eigenvalue weighted by molar-refractivity contribution is 0.0934. The summed E-state index contributed by atoms with van der Waals surface area (Å²) in [6.07, 6.45) is 4.85. The van der Waals surface area contributed by atoms with Gasteiger partial charge in [-0.05, 0) is 26.0 Å². The van der Waals surface area contributed by atoms with E-state index in [1.165, 1.54) is 6.26 Å². The summed E-state index contributed by atoms with van der Waals surface area (Å²) in [6, 6.07) is 7.89. The van der Waals surface area contributed by atoms with Crippen molar-refractivity contribution in [3.05, 3.63) is 41.7 Å². The summed E-state index contributed by atoms with van der Waals surface area (Å²) < 4.78 is 37.2. The van der Waals surface area contributed by atoms with Crippen molar-refractivity contribution in [3.8, 4) is 5.75 Å². The van der Waals surface area contributed by atoms with E-state index in [0.717, 1.165) is 36.5 Å². The average Bonchev–Trinajstić information content (AvgIpc) is 3.26. The Kier molecular flexibility index (Phi) is 6.18. The van der Waals surface area contributed by atoms with Crippen LogP contribution in [0.4, 0.5) is 0 Å². The number of hydrogen-bond acceptors (Lipinski definition) is 6. The van der Waals surface area contributed by atoms with Crippen LogP contribution in [0.5, 0.6) is 5.75 Å². The van der Waals surface area contributed by atoms with Gasteiger partial charge in [0.25, 0.3) is 0 Å². The molecule has 1 aromatic heterocycles. The van der Waals surface area contributed by atoms with Crippen molar-refractivity contribution in [2.24, 2.45) is 0 Å². The Bertz CT molecular complexity index is 873. The number of benzene rings is 1. The number of hydrogen-bond donors (Lipinski definition) is 0. The van der Waals surface area contributed by atoms with Crippen molar-refractivity contribution in [2.45, 2.75) is 43.7 Å². The molecule has 0 radical (unpaired) electrons. The van der Waals surface area contributed by atoms with Crippen molar-refractivity contribution in [1.29, 1.82) is 0 Å². The van der Waals surface area contributed by atoms with E-state index in [1.807, 2.05) is 31.3 Å². The zero-order valence-corrected chi connectivity index (χ0v) is 16.9. The number of aromatic nitrogens is 2.